The summed E-state index contributed by atoms with van der Waals surface area (Å²) in [5.41, 5.74) is 0. The van der Waals surface area contributed by atoms with Crippen LogP contribution in [-0.4, -0.2) is 24.7 Å². The van der Waals surface area contributed by atoms with Gasteiger partial charge in [0.05, 0.1) is 0 Å². The molecule has 0 saturated carbocycles. The first kappa shape index (κ1) is 12.8. The van der Waals surface area contributed by atoms with Crippen molar-refractivity contribution >= 4 is 5.91 Å². The minimum absolute atomic E-state index is 0. The van der Waals surface area contributed by atoms with Gasteiger partial charge in [0.25, 0.3) is 0 Å². The van der Waals surface area contributed by atoms with Gasteiger partial charge in [-0.05, 0) is 6.54 Å². The topological polar surface area (TPSA) is 49.3 Å². The fourth-order valence-corrected chi connectivity index (χ4v) is 0.665. The van der Waals surface area contributed by atoms with Crippen LogP contribution in [0.4, 0.5) is 0 Å². The molecule has 1 unspecified atom stereocenters. The second kappa shape index (κ2) is 7.28. The Morgan fingerprint density at radius 1 is 1.70 bits per heavy atom. The molecule has 1 aliphatic rings. The predicted molar refractivity (Wildman–Crippen MR) is 34.6 cm³/mol. The van der Waals surface area contributed by atoms with Gasteiger partial charge in [0.1, 0.15) is 0 Å². The van der Waals surface area contributed by atoms with Crippen LogP contribution >= 0.6 is 0 Å². The van der Waals surface area contributed by atoms with Crippen molar-refractivity contribution in [3.05, 3.63) is 6.92 Å². The zero-order valence-electron chi connectivity index (χ0n) is 6.00. The number of aliphatic hydroxyl groups excluding tert-OH is 1. The molecule has 0 aromatic carbocycles. The minimum atomic E-state index is 0. The number of aliphatic hydroxyl groups is 1. The maximum absolute atomic E-state index is 10.3. The van der Waals surface area contributed by atoms with Crippen molar-refractivity contribution in [2.45, 2.75) is 6.42 Å². The fraction of sp³-hybridized carbons (Fsp3) is 0.667. The summed E-state index contributed by atoms with van der Waals surface area (Å²) in [5, 5.41) is 9.67. The zero-order valence-corrected chi connectivity index (χ0v) is 9.21. The van der Waals surface area contributed by atoms with Gasteiger partial charge in [0, 0.05) is 35.9 Å². The number of rotatable bonds is 0. The van der Waals surface area contributed by atoms with E-state index in [9.17, 15) is 4.79 Å². The van der Waals surface area contributed by atoms with Crippen LogP contribution in [0.15, 0.2) is 0 Å². The maximum atomic E-state index is 10.3. The molecule has 0 spiro atoms. The zero-order chi connectivity index (χ0) is 7.28. The van der Waals surface area contributed by atoms with Gasteiger partial charge in [-0.1, -0.05) is 0 Å². The normalized spacial score (nSPS) is 21.9. The molecule has 0 aromatic heterocycles. The van der Waals surface area contributed by atoms with E-state index in [4.69, 9.17) is 5.11 Å². The summed E-state index contributed by atoms with van der Waals surface area (Å²) in [7, 11) is 1.00. The molecule has 1 aliphatic heterocycles. The first-order valence-corrected chi connectivity index (χ1v) is 2.83. The predicted octanol–water partition coefficient (Wildman–Crippen LogP) is -0.437. The Kier molecular flexibility index (Phi) is 9.33. The number of amides is 1. The van der Waals surface area contributed by atoms with Gasteiger partial charge in [-0.3, -0.25) is 4.79 Å². The summed E-state index contributed by atoms with van der Waals surface area (Å²) in [6.45, 7) is 4.47. The van der Waals surface area contributed by atoms with Crippen LogP contribution in [-0.2, 0) is 27.2 Å². The average Bonchev–Trinajstić information content (AvgIpc) is 2.20. The molecule has 2 N–H and O–H groups in total. The van der Waals surface area contributed by atoms with Gasteiger partial charge in [-0.15, -0.1) is 5.92 Å². The summed E-state index contributed by atoms with van der Waals surface area (Å²) in [5.74, 6) is 0.451. The van der Waals surface area contributed by atoms with Crippen LogP contribution in [0.5, 0.6) is 0 Å². The van der Waals surface area contributed by atoms with Crippen molar-refractivity contribution in [2.75, 3.05) is 13.7 Å². The van der Waals surface area contributed by atoms with Crippen molar-refractivity contribution in [2.24, 2.45) is 5.92 Å². The molecule has 0 aromatic rings. The Hall–Kier alpha value is 0.170. The molecule has 1 amide bonds. The second-order valence-corrected chi connectivity index (χ2v) is 1.87. The summed E-state index contributed by atoms with van der Waals surface area (Å²) >= 11 is 0. The number of hydrogen-bond acceptors (Lipinski definition) is 2. The van der Waals surface area contributed by atoms with E-state index in [2.05, 4.69) is 12.2 Å². The van der Waals surface area contributed by atoms with Crippen LogP contribution < -0.4 is 5.32 Å². The molecule has 59 valence electrons. The molecule has 1 fully saturated rings. The van der Waals surface area contributed by atoms with Crippen LogP contribution in [0, 0.1) is 12.8 Å². The summed E-state index contributed by atoms with van der Waals surface area (Å²) in [6.07, 6.45) is 0.611. The molecule has 0 bridgehead atoms. The van der Waals surface area contributed by atoms with E-state index in [0.29, 0.717) is 12.3 Å². The SMILES string of the molecule is CO.[CH2-]C1CNC(=O)C1.[Ta]. The Balaban J connectivity index is 0. The number of carbonyl (C=O) groups excluding carboxylic acids is 1. The smallest absolute Gasteiger partial charge is 0.217 e. The van der Waals surface area contributed by atoms with Gasteiger partial charge in [-0.25, -0.2) is 0 Å². The maximum Gasteiger partial charge on any atom is 0.217 e. The Morgan fingerprint density at radius 3 is 2.30 bits per heavy atom. The quantitative estimate of drug-likeness (QED) is 0.596. The molecular formula is C6H12NO2Ta-. The monoisotopic (exact) mass is 311 g/mol. The molecule has 3 nitrogen and oxygen atoms in total. The third-order valence-corrected chi connectivity index (χ3v) is 1.06. The number of hydrogen-bond donors (Lipinski definition) is 2. The van der Waals surface area contributed by atoms with E-state index in [-0.39, 0.29) is 28.3 Å². The largest absolute Gasteiger partial charge is 0.400 e. The van der Waals surface area contributed by atoms with Crippen molar-refractivity contribution < 1.29 is 32.3 Å². The van der Waals surface area contributed by atoms with Crippen LogP contribution in [0.1, 0.15) is 6.42 Å². The van der Waals surface area contributed by atoms with E-state index < -0.39 is 0 Å². The minimum Gasteiger partial charge on any atom is -0.400 e. The third-order valence-electron chi connectivity index (χ3n) is 1.06. The molecule has 1 atom stereocenters. The van der Waals surface area contributed by atoms with Gasteiger partial charge in [-0.2, -0.15) is 0 Å². The van der Waals surface area contributed by atoms with E-state index in [1.807, 2.05) is 0 Å². The van der Waals surface area contributed by atoms with Gasteiger partial charge >= 0.3 is 0 Å². The summed E-state index contributed by atoms with van der Waals surface area (Å²) < 4.78 is 0. The van der Waals surface area contributed by atoms with Crippen molar-refractivity contribution in [1.82, 2.24) is 5.32 Å². The van der Waals surface area contributed by atoms with Crippen molar-refractivity contribution in [1.29, 1.82) is 0 Å². The van der Waals surface area contributed by atoms with E-state index in [1.165, 1.54) is 0 Å². The van der Waals surface area contributed by atoms with Gasteiger partial charge in [0.15, 0.2) is 0 Å². The first-order valence-electron chi connectivity index (χ1n) is 2.83. The number of nitrogens with one attached hydrogen (secondary N) is 1. The molecule has 4 heteroatoms. The molecule has 1 rings (SSSR count). The first-order chi connectivity index (χ1) is 4.29. The summed E-state index contributed by atoms with van der Waals surface area (Å²) in [4.78, 5) is 10.3. The average molecular weight is 311 g/mol. The van der Waals surface area contributed by atoms with Crippen molar-refractivity contribution in [3.8, 4) is 0 Å². The molecule has 1 heterocycles. The number of carbonyl (C=O) groups is 1. The summed E-state index contributed by atoms with van der Waals surface area (Å²) in [6, 6.07) is 0. The van der Waals surface area contributed by atoms with Crippen molar-refractivity contribution in [3.63, 3.8) is 0 Å². The van der Waals surface area contributed by atoms with Crippen LogP contribution in [0.3, 0.4) is 0 Å². The van der Waals surface area contributed by atoms with Gasteiger partial charge in [0.2, 0.25) is 5.91 Å². The van der Waals surface area contributed by atoms with Gasteiger partial charge < -0.3 is 17.3 Å². The Labute approximate surface area is 76.7 Å². The molecule has 1 saturated heterocycles. The second-order valence-electron chi connectivity index (χ2n) is 1.87. The van der Waals surface area contributed by atoms with Crippen LogP contribution in [0.2, 0.25) is 0 Å². The standard InChI is InChI=1S/C5H8NO.CH4O.Ta/c1-4-2-5(7)6-3-4;1-2;/h4H,1-3H2,(H,6,7);2H,1H3;/q-1;;. The third kappa shape index (κ3) is 5.00. The fourth-order valence-electron chi connectivity index (χ4n) is 0.665. The van der Waals surface area contributed by atoms with E-state index >= 15 is 0 Å². The molecule has 10 heavy (non-hydrogen) atoms. The molecule has 1 radical (unpaired) electrons. The molecular weight excluding hydrogens is 299 g/mol. The van der Waals surface area contributed by atoms with E-state index in [1.54, 1.807) is 0 Å². The van der Waals surface area contributed by atoms with Crippen LogP contribution in [0.25, 0.3) is 0 Å². The molecule has 0 aliphatic carbocycles. The Bertz CT molecular complexity index is 97.7. The Morgan fingerprint density at radius 2 is 2.20 bits per heavy atom. The van der Waals surface area contributed by atoms with E-state index in [0.717, 1.165) is 13.7 Å².